The van der Waals surface area contributed by atoms with Crippen molar-refractivity contribution in [1.29, 1.82) is 0 Å². The van der Waals surface area contributed by atoms with Gasteiger partial charge in [0, 0.05) is 19.5 Å². The van der Waals surface area contributed by atoms with Gasteiger partial charge in [0.25, 0.3) is 0 Å². The molecule has 1 aromatic carbocycles. The van der Waals surface area contributed by atoms with Gasteiger partial charge in [-0.05, 0) is 25.7 Å². The van der Waals surface area contributed by atoms with E-state index in [1.807, 2.05) is 36.4 Å². The van der Waals surface area contributed by atoms with Crippen molar-refractivity contribution >= 4 is 0 Å². The average molecular weight is 287 g/mol. The minimum absolute atomic E-state index is 0. The normalized spacial score (nSPS) is 13.9. The summed E-state index contributed by atoms with van der Waals surface area (Å²) in [6.07, 6.45) is 14.0. The van der Waals surface area contributed by atoms with E-state index in [1.165, 1.54) is 25.7 Å². The van der Waals surface area contributed by atoms with E-state index in [0.717, 1.165) is 0 Å². The van der Waals surface area contributed by atoms with E-state index in [4.69, 9.17) is 0 Å². The van der Waals surface area contributed by atoms with Crippen LogP contribution in [-0.4, -0.2) is 0 Å². The molecule has 2 rings (SSSR count). The summed E-state index contributed by atoms with van der Waals surface area (Å²) < 4.78 is 0. The topological polar surface area (TPSA) is 0 Å². The Labute approximate surface area is 106 Å². The van der Waals surface area contributed by atoms with Gasteiger partial charge in [0.05, 0.1) is 0 Å². The van der Waals surface area contributed by atoms with Crippen molar-refractivity contribution in [3.63, 3.8) is 0 Å². The summed E-state index contributed by atoms with van der Waals surface area (Å²) in [6.45, 7) is 0. The number of hydrogen-bond acceptors (Lipinski definition) is 0. The van der Waals surface area contributed by atoms with Crippen LogP contribution in [0.2, 0.25) is 0 Å². The van der Waals surface area contributed by atoms with Gasteiger partial charge in [0.1, 0.15) is 0 Å². The van der Waals surface area contributed by atoms with Gasteiger partial charge >= 0.3 is 0 Å². The van der Waals surface area contributed by atoms with Crippen LogP contribution >= 0.6 is 0 Å². The fraction of sp³-hybridized carbons (Fsp3) is 0.286. The summed E-state index contributed by atoms with van der Waals surface area (Å²) in [5.41, 5.74) is 0. The molecule has 0 N–H and O–H groups in total. The summed E-state index contributed by atoms with van der Waals surface area (Å²) in [6, 6.07) is 12.0. The van der Waals surface area contributed by atoms with E-state index in [9.17, 15) is 0 Å². The van der Waals surface area contributed by atoms with E-state index >= 15 is 0 Å². The first-order chi connectivity index (χ1) is 7.00. The molecule has 0 unspecified atom stereocenters. The predicted molar refractivity (Wildman–Crippen MR) is 63.2 cm³/mol. The molecule has 0 heterocycles. The van der Waals surface area contributed by atoms with Crippen LogP contribution in [0.1, 0.15) is 25.7 Å². The van der Waals surface area contributed by atoms with E-state index in [2.05, 4.69) is 24.3 Å². The molecule has 0 saturated heterocycles. The van der Waals surface area contributed by atoms with Gasteiger partial charge in [-0.2, -0.15) is 0 Å². The number of rotatable bonds is 0. The summed E-state index contributed by atoms with van der Waals surface area (Å²) in [5, 5.41) is 0. The number of hydrogen-bond donors (Lipinski definition) is 0. The van der Waals surface area contributed by atoms with Crippen molar-refractivity contribution in [2.24, 2.45) is 0 Å². The first-order valence-electron chi connectivity index (χ1n) is 5.30. The second-order valence-corrected chi connectivity index (χ2v) is 3.25. The largest absolute Gasteiger partial charge is 0.0882 e. The van der Waals surface area contributed by atoms with Crippen LogP contribution in [0.4, 0.5) is 0 Å². The van der Waals surface area contributed by atoms with Crippen LogP contribution in [0, 0.1) is 0 Å². The van der Waals surface area contributed by atoms with Gasteiger partial charge in [0.15, 0.2) is 0 Å². The molecule has 0 atom stereocenters. The van der Waals surface area contributed by atoms with Crippen molar-refractivity contribution in [2.75, 3.05) is 0 Å². The van der Waals surface area contributed by atoms with E-state index in [1.54, 1.807) is 0 Å². The molecular weight excluding hydrogens is 269 g/mol. The molecule has 0 nitrogen and oxygen atoms in total. The molecule has 0 radical (unpaired) electrons. The molecule has 0 bridgehead atoms. The van der Waals surface area contributed by atoms with Gasteiger partial charge in [-0.15, -0.1) is 0 Å². The molecule has 15 heavy (non-hydrogen) atoms. The van der Waals surface area contributed by atoms with Gasteiger partial charge in [-0.3, -0.25) is 0 Å². The second kappa shape index (κ2) is 11.4. The minimum atomic E-state index is 0. The predicted octanol–water partition coefficient (Wildman–Crippen LogP) is 4.36. The van der Waals surface area contributed by atoms with Crippen molar-refractivity contribution in [3.05, 3.63) is 60.7 Å². The van der Waals surface area contributed by atoms with Gasteiger partial charge < -0.3 is 0 Å². The molecule has 1 aliphatic carbocycles. The van der Waals surface area contributed by atoms with Crippen LogP contribution in [0.5, 0.6) is 0 Å². The quantitative estimate of drug-likeness (QED) is 0.491. The number of allylic oxidation sites excluding steroid dienone is 4. The minimum Gasteiger partial charge on any atom is -0.0882 e. The van der Waals surface area contributed by atoms with Crippen LogP contribution in [0.3, 0.4) is 0 Å². The standard InChI is InChI=1S/C8H12.C6H6.Ru/c1-2-4-6-8-7-5-3-1;1-2-4-6-5-3-1;/h1-2,7-8H,3-6H2;1-6H;. The van der Waals surface area contributed by atoms with Crippen LogP contribution in [0.25, 0.3) is 0 Å². The summed E-state index contributed by atoms with van der Waals surface area (Å²) >= 11 is 0. The zero-order chi connectivity index (χ0) is 9.90. The zero-order valence-corrected chi connectivity index (χ0v) is 10.7. The maximum Gasteiger partial charge on any atom is 0 e. The molecule has 0 spiro atoms. The summed E-state index contributed by atoms with van der Waals surface area (Å²) in [5.74, 6) is 0. The third kappa shape index (κ3) is 9.62. The van der Waals surface area contributed by atoms with Crippen LogP contribution in [-0.2, 0) is 19.5 Å². The monoisotopic (exact) mass is 288 g/mol. The smallest absolute Gasteiger partial charge is 0 e. The molecule has 1 aromatic rings. The first-order valence-corrected chi connectivity index (χ1v) is 5.30. The molecule has 0 saturated carbocycles. The van der Waals surface area contributed by atoms with Gasteiger partial charge in [-0.1, -0.05) is 60.7 Å². The molecule has 0 aliphatic heterocycles. The summed E-state index contributed by atoms with van der Waals surface area (Å²) in [4.78, 5) is 0. The molecule has 1 heteroatoms. The van der Waals surface area contributed by atoms with Crippen molar-refractivity contribution in [1.82, 2.24) is 0 Å². The average Bonchev–Trinajstić information content (AvgIpc) is 2.20. The number of benzene rings is 1. The van der Waals surface area contributed by atoms with Gasteiger partial charge in [-0.25, -0.2) is 0 Å². The Kier molecular flexibility index (Phi) is 10.9. The van der Waals surface area contributed by atoms with Crippen LogP contribution < -0.4 is 0 Å². The molecule has 82 valence electrons. The van der Waals surface area contributed by atoms with E-state index in [-0.39, 0.29) is 19.5 Å². The maximum atomic E-state index is 2.27. The SMILES string of the molecule is C1=CCCC=CCC1.[Ru].c1ccccc1. The third-order valence-electron chi connectivity index (χ3n) is 2.00. The Morgan fingerprint density at radius 2 is 0.600 bits per heavy atom. The zero-order valence-electron chi connectivity index (χ0n) is 8.96. The van der Waals surface area contributed by atoms with Crippen LogP contribution in [0.15, 0.2) is 60.7 Å². The molecule has 1 aliphatic rings. The third-order valence-corrected chi connectivity index (χ3v) is 2.00. The molecule has 0 amide bonds. The Bertz CT molecular complexity index is 209. The summed E-state index contributed by atoms with van der Waals surface area (Å²) in [7, 11) is 0. The molecule has 0 fully saturated rings. The van der Waals surface area contributed by atoms with Crippen molar-refractivity contribution in [3.8, 4) is 0 Å². The Morgan fingerprint density at radius 1 is 0.400 bits per heavy atom. The Balaban J connectivity index is 0.000000253. The molecule has 0 aromatic heterocycles. The first kappa shape index (κ1) is 14.3. The van der Waals surface area contributed by atoms with E-state index in [0.29, 0.717) is 0 Å². The Hall–Kier alpha value is -0.677. The molecular formula is C14H18Ru. The van der Waals surface area contributed by atoms with Crippen molar-refractivity contribution in [2.45, 2.75) is 25.7 Å². The maximum absolute atomic E-state index is 2.27. The van der Waals surface area contributed by atoms with E-state index < -0.39 is 0 Å². The van der Waals surface area contributed by atoms with Crippen molar-refractivity contribution < 1.29 is 19.5 Å². The fourth-order valence-electron chi connectivity index (χ4n) is 1.24. The Morgan fingerprint density at radius 3 is 0.800 bits per heavy atom. The second-order valence-electron chi connectivity index (χ2n) is 3.25. The van der Waals surface area contributed by atoms with Gasteiger partial charge in [0.2, 0.25) is 0 Å². The fourth-order valence-corrected chi connectivity index (χ4v) is 1.24.